The molecule has 5 nitrogen and oxygen atoms in total. The molecule has 2 aromatic carbocycles. The summed E-state index contributed by atoms with van der Waals surface area (Å²) in [5.41, 5.74) is 4.69. The summed E-state index contributed by atoms with van der Waals surface area (Å²) >= 11 is 0. The van der Waals surface area contributed by atoms with Gasteiger partial charge in [0.25, 0.3) is 0 Å². The molecule has 0 saturated heterocycles. The van der Waals surface area contributed by atoms with E-state index in [4.69, 9.17) is 14.2 Å². The van der Waals surface area contributed by atoms with Crippen LogP contribution in [0, 0.1) is 0 Å². The van der Waals surface area contributed by atoms with Crippen molar-refractivity contribution in [2.45, 2.75) is 26.4 Å². The van der Waals surface area contributed by atoms with Gasteiger partial charge in [-0.1, -0.05) is 12.1 Å². The molecule has 146 valence electrons. The van der Waals surface area contributed by atoms with Gasteiger partial charge in [-0.15, -0.1) is 0 Å². The third kappa shape index (κ3) is 3.34. The third-order valence-electron chi connectivity index (χ3n) is 5.03. The minimum absolute atomic E-state index is 0.0828. The maximum Gasteiger partial charge on any atom is 0.163 e. The summed E-state index contributed by atoms with van der Waals surface area (Å²) < 4.78 is 19.2. The van der Waals surface area contributed by atoms with E-state index in [2.05, 4.69) is 52.5 Å². The van der Waals surface area contributed by atoms with E-state index in [1.54, 1.807) is 7.11 Å². The number of fused-ring (bicyclic) bond motifs is 3. The average Bonchev–Trinajstić information content (AvgIpc) is 3.14. The van der Waals surface area contributed by atoms with Crippen LogP contribution < -0.4 is 19.5 Å². The van der Waals surface area contributed by atoms with Crippen LogP contribution in [-0.4, -0.2) is 24.9 Å². The van der Waals surface area contributed by atoms with Crippen molar-refractivity contribution >= 4 is 0 Å². The molecule has 0 fully saturated rings. The summed E-state index contributed by atoms with van der Waals surface area (Å²) in [6, 6.07) is 16.7. The number of rotatable bonds is 6. The molecule has 0 aliphatic carbocycles. The molecule has 1 aliphatic heterocycles. The van der Waals surface area contributed by atoms with Crippen LogP contribution in [0.15, 0.2) is 54.7 Å². The SMILES string of the molecule is CCOc1cc2c(cc1OCC)-n1cccc1C(c1ccc(OC)cc1)NC2. The summed E-state index contributed by atoms with van der Waals surface area (Å²) in [4.78, 5) is 0. The summed E-state index contributed by atoms with van der Waals surface area (Å²) in [7, 11) is 1.69. The zero-order chi connectivity index (χ0) is 19.5. The van der Waals surface area contributed by atoms with E-state index in [1.165, 1.54) is 16.8 Å². The van der Waals surface area contributed by atoms with Crippen LogP contribution in [0.3, 0.4) is 0 Å². The van der Waals surface area contributed by atoms with Crippen LogP contribution in [0.1, 0.15) is 36.7 Å². The molecule has 2 heterocycles. The van der Waals surface area contributed by atoms with Gasteiger partial charge in [0, 0.05) is 24.5 Å². The first kappa shape index (κ1) is 18.4. The summed E-state index contributed by atoms with van der Waals surface area (Å²) in [5, 5.41) is 3.70. The van der Waals surface area contributed by atoms with Gasteiger partial charge in [-0.25, -0.2) is 0 Å². The Labute approximate surface area is 165 Å². The molecule has 28 heavy (non-hydrogen) atoms. The monoisotopic (exact) mass is 378 g/mol. The van der Waals surface area contributed by atoms with Gasteiger partial charge in [0.15, 0.2) is 11.5 Å². The van der Waals surface area contributed by atoms with Crippen LogP contribution in [0.25, 0.3) is 5.69 Å². The van der Waals surface area contributed by atoms with Crippen LogP contribution in [0.2, 0.25) is 0 Å². The van der Waals surface area contributed by atoms with Crippen LogP contribution >= 0.6 is 0 Å². The van der Waals surface area contributed by atoms with Gasteiger partial charge in [0.1, 0.15) is 5.75 Å². The third-order valence-corrected chi connectivity index (χ3v) is 5.03. The van der Waals surface area contributed by atoms with E-state index in [0.717, 1.165) is 29.5 Å². The van der Waals surface area contributed by atoms with E-state index in [-0.39, 0.29) is 6.04 Å². The maximum absolute atomic E-state index is 5.85. The smallest absolute Gasteiger partial charge is 0.163 e. The molecular weight excluding hydrogens is 352 g/mol. The molecule has 1 atom stereocenters. The lowest BCUT2D eigenvalue weighted by molar-refractivity contribution is 0.287. The number of methoxy groups -OCH3 is 1. The van der Waals surface area contributed by atoms with Crippen molar-refractivity contribution in [3.05, 3.63) is 71.5 Å². The molecule has 0 bridgehead atoms. The highest BCUT2D eigenvalue weighted by Gasteiger charge is 2.24. The van der Waals surface area contributed by atoms with Gasteiger partial charge in [0.05, 0.1) is 32.1 Å². The first-order chi connectivity index (χ1) is 13.7. The van der Waals surface area contributed by atoms with E-state index in [1.807, 2.05) is 26.0 Å². The Morgan fingerprint density at radius 2 is 1.71 bits per heavy atom. The van der Waals surface area contributed by atoms with Gasteiger partial charge >= 0.3 is 0 Å². The molecule has 0 amide bonds. The fourth-order valence-corrected chi connectivity index (χ4v) is 3.74. The van der Waals surface area contributed by atoms with E-state index < -0.39 is 0 Å². The molecule has 1 aliphatic rings. The van der Waals surface area contributed by atoms with Crippen molar-refractivity contribution in [2.75, 3.05) is 20.3 Å². The fraction of sp³-hybridized carbons (Fsp3) is 0.304. The predicted molar refractivity (Wildman–Crippen MR) is 110 cm³/mol. The predicted octanol–water partition coefficient (Wildman–Crippen LogP) is 4.48. The van der Waals surface area contributed by atoms with Crippen LogP contribution in [0.5, 0.6) is 17.2 Å². The Kier molecular flexibility index (Phi) is 5.26. The van der Waals surface area contributed by atoms with Gasteiger partial charge in [0.2, 0.25) is 0 Å². The van der Waals surface area contributed by atoms with Gasteiger partial charge < -0.3 is 24.1 Å². The first-order valence-electron chi connectivity index (χ1n) is 9.72. The Morgan fingerprint density at radius 1 is 1.00 bits per heavy atom. The maximum atomic E-state index is 5.85. The van der Waals surface area contributed by atoms with Crippen molar-refractivity contribution in [3.63, 3.8) is 0 Å². The van der Waals surface area contributed by atoms with E-state index in [9.17, 15) is 0 Å². The fourth-order valence-electron chi connectivity index (χ4n) is 3.74. The normalized spacial score (nSPS) is 15.3. The quantitative estimate of drug-likeness (QED) is 0.687. The van der Waals surface area contributed by atoms with Crippen LogP contribution in [-0.2, 0) is 6.54 Å². The highest BCUT2D eigenvalue weighted by molar-refractivity contribution is 5.56. The number of aromatic nitrogens is 1. The zero-order valence-corrected chi connectivity index (χ0v) is 16.6. The average molecular weight is 378 g/mol. The molecule has 0 spiro atoms. The molecular formula is C23H26N2O3. The highest BCUT2D eigenvalue weighted by atomic mass is 16.5. The lowest BCUT2D eigenvalue weighted by atomic mass is 10.0. The minimum atomic E-state index is 0.0828. The van der Waals surface area contributed by atoms with Crippen molar-refractivity contribution in [1.82, 2.24) is 9.88 Å². The Hall–Kier alpha value is -2.92. The molecule has 0 radical (unpaired) electrons. The van der Waals surface area contributed by atoms with Gasteiger partial charge in [-0.2, -0.15) is 0 Å². The second-order valence-electron chi connectivity index (χ2n) is 6.68. The second-order valence-corrected chi connectivity index (χ2v) is 6.68. The largest absolute Gasteiger partial charge is 0.497 e. The van der Waals surface area contributed by atoms with Crippen molar-refractivity contribution < 1.29 is 14.2 Å². The van der Waals surface area contributed by atoms with Crippen LogP contribution in [0.4, 0.5) is 0 Å². The van der Waals surface area contributed by atoms with Gasteiger partial charge in [-0.3, -0.25) is 0 Å². The summed E-state index contributed by atoms with van der Waals surface area (Å²) in [6.45, 7) is 5.92. The standard InChI is InChI=1S/C23H26N2O3/c1-4-27-21-13-17-15-24-23(16-8-10-18(26-3)11-9-16)19-7-6-12-25(19)20(17)14-22(21)28-5-2/h6-14,23-24H,4-5,15H2,1-3H3. The topological polar surface area (TPSA) is 44.7 Å². The number of hydrogen-bond acceptors (Lipinski definition) is 4. The van der Waals surface area contributed by atoms with Crippen molar-refractivity contribution in [2.24, 2.45) is 0 Å². The Balaban J connectivity index is 1.78. The number of hydrogen-bond donors (Lipinski definition) is 1. The first-order valence-corrected chi connectivity index (χ1v) is 9.72. The molecule has 3 aromatic rings. The van der Waals surface area contributed by atoms with E-state index in [0.29, 0.717) is 13.2 Å². The molecule has 4 rings (SSSR count). The molecule has 0 saturated carbocycles. The summed E-state index contributed by atoms with van der Waals surface area (Å²) in [6.07, 6.45) is 2.10. The second kappa shape index (κ2) is 7.98. The Bertz CT molecular complexity index is 947. The van der Waals surface area contributed by atoms with Crippen molar-refractivity contribution in [1.29, 1.82) is 0 Å². The zero-order valence-electron chi connectivity index (χ0n) is 16.6. The van der Waals surface area contributed by atoms with Gasteiger partial charge in [-0.05, 0) is 55.3 Å². The lowest BCUT2D eigenvalue weighted by Crippen LogP contribution is -2.21. The molecule has 5 heteroatoms. The highest BCUT2D eigenvalue weighted by Crippen LogP contribution is 2.37. The van der Waals surface area contributed by atoms with E-state index >= 15 is 0 Å². The van der Waals surface area contributed by atoms with Crippen molar-refractivity contribution in [3.8, 4) is 22.9 Å². The molecule has 1 unspecified atom stereocenters. The molecule has 1 N–H and O–H groups in total. The number of ether oxygens (including phenoxy) is 3. The number of nitrogens with one attached hydrogen (secondary N) is 1. The Morgan fingerprint density at radius 3 is 2.39 bits per heavy atom. The number of nitrogens with zero attached hydrogens (tertiary/aromatic N) is 1. The number of benzene rings is 2. The lowest BCUT2D eigenvalue weighted by Gasteiger charge is -2.18. The minimum Gasteiger partial charge on any atom is -0.497 e. The summed E-state index contributed by atoms with van der Waals surface area (Å²) in [5.74, 6) is 2.44. The molecule has 1 aromatic heterocycles.